The molecule has 196 valence electrons. The summed E-state index contributed by atoms with van der Waals surface area (Å²) in [5.41, 5.74) is 5.55. The van der Waals surface area contributed by atoms with Crippen molar-refractivity contribution in [2.75, 3.05) is 19.8 Å². The molecule has 4 heteroatoms. The lowest BCUT2D eigenvalue weighted by atomic mass is 9.78. The average Bonchev–Trinajstić information content (AvgIpc) is 3.55. The largest absolute Gasteiger partial charge is 0.491 e. The first-order chi connectivity index (χ1) is 18.1. The van der Waals surface area contributed by atoms with Crippen molar-refractivity contribution >= 4 is 17.1 Å². The number of hydrogen-bond donors (Lipinski definition) is 0. The molecule has 1 aromatic carbocycles. The molecule has 0 amide bonds. The molecule has 0 radical (unpaired) electrons. The minimum atomic E-state index is 0.186. The first-order valence-electron chi connectivity index (χ1n) is 14.1. The third-order valence-corrected chi connectivity index (χ3v) is 9.28. The van der Waals surface area contributed by atoms with Crippen molar-refractivity contribution in [3.63, 3.8) is 0 Å². The first kappa shape index (κ1) is 26.2. The Kier molecular flexibility index (Phi) is 8.78. The molecule has 1 unspecified atom stereocenters. The average molecular weight is 517 g/mol. The molecule has 0 N–H and O–H groups in total. The SMILES string of the molecule is C=C1CCCOCCOc2cccc(c2)-c2cc(cs2)C(=O)CC2=C1C(CCC1CCC(C)CC1)C=C2. The van der Waals surface area contributed by atoms with Crippen molar-refractivity contribution in [2.45, 2.75) is 64.7 Å². The summed E-state index contributed by atoms with van der Waals surface area (Å²) in [6.45, 7) is 8.70. The molecule has 37 heavy (non-hydrogen) atoms. The predicted octanol–water partition coefficient (Wildman–Crippen LogP) is 8.82. The molecule has 2 aliphatic carbocycles. The fourth-order valence-electron chi connectivity index (χ4n) is 6.06. The Hall–Kier alpha value is -2.43. The highest BCUT2D eigenvalue weighted by Crippen LogP contribution is 2.40. The molecule has 1 aliphatic heterocycles. The second-order valence-electron chi connectivity index (χ2n) is 11.1. The maximum Gasteiger partial charge on any atom is 0.168 e. The molecule has 0 spiro atoms. The van der Waals surface area contributed by atoms with Crippen molar-refractivity contribution < 1.29 is 14.3 Å². The normalized spacial score (nSPS) is 25.4. The summed E-state index contributed by atoms with van der Waals surface area (Å²) in [5.74, 6) is 3.14. The van der Waals surface area contributed by atoms with Crippen LogP contribution in [-0.2, 0) is 4.74 Å². The number of ketones is 1. The van der Waals surface area contributed by atoms with Crippen LogP contribution in [0.25, 0.3) is 10.4 Å². The number of allylic oxidation sites excluding steroid dienone is 5. The molecule has 3 nitrogen and oxygen atoms in total. The Morgan fingerprint density at radius 1 is 1.03 bits per heavy atom. The van der Waals surface area contributed by atoms with Crippen LogP contribution in [0.2, 0.25) is 0 Å². The number of fused-ring (bicyclic) bond motifs is 5. The quantitative estimate of drug-likeness (QED) is 0.409. The van der Waals surface area contributed by atoms with E-state index < -0.39 is 0 Å². The predicted molar refractivity (Wildman–Crippen MR) is 153 cm³/mol. The number of Topliss-reactive ketones (excluding diaryl/α,β-unsaturated/α-hetero) is 1. The van der Waals surface area contributed by atoms with Gasteiger partial charge in [0, 0.05) is 34.8 Å². The van der Waals surface area contributed by atoms with Crippen LogP contribution in [0, 0.1) is 17.8 Å². The monoisotopic (exact) mass is 516 g/mol. The highest BCUT2D eigenvalue weighted by Gasteiger charge is 2.26. The van der Waals surface area contributed by atoms with E-state index in [0.29, 0.717) is 32.2 Å². The van der Waals surface area contributed by atoms with Crippen molar-refractivity contribution in [3.8, 4) is 16.2 Å². The van der Waals surface area contributed by atoms with Gasteiger partial charge in [-0.15, -0.1) is 11.3 Å². The van der Waals surface area contributed by atoms with Crippen LogP contribution in [0.3, 0.4) is 0 Å². The first-order valence-corrected chi connectivity index (χ1v) is 15.0. The highest BCUT2D eigenvalue weighted by atomic mass is 32.1. The van der Waals surface area contributed by atoms with Gasteiger partial charge in [0.15, 0.2) is 5.78 Å². The minimum Gasteiger partial charge on any atom is -0.491 e. The third kappa shape index (κ3) is 6.72. The molecule has 2 aromatic rings. The Bertz CT molecular complexity index is 1160. The lowest BCUT2D eigenvalue weighted by molar-refractivity contribution is 0.0985. The summed E-state index contributed by atoms with van der Waals surface area (Å²) in [6, 6.07) is 10.1. The standard InChI is InChI=1S/C33H40O3S/c1-23-8-10-25(11-9-23)12-13-26-14-15-28-20-31(34)29-21-32(37-22-29)27-6-3-7-30(19-27)36-18-17-35-16-4-5-24(2)33(26)28/h3,6-7,14-15,19,21-23,25-26H,2,4-5,8-13,16-18,20H2,1H3. The number of thiophene rings is 1. The van der Waals surface area contributed by atoms with Gasteiger partial charge in [-0.25, -0.2) is 0 Å². The molecule has 4 bridgehead atoms. The molecule has 0 saturated heterocycles. The van der Waals surface area contributed by atoms with Gasteiger partial charge in [0.2, 0.25) is 0 Å². The molecule has 3 aliphatic rings. The summed E-state index contributed by atoms with van der Waals surface area (Å²) in [5, 5.41) is 2.00. The van der Waals surface area contributed by atoms with Crippen molar-refractivity contribution in [1.29, 1.82) is 0 Å². The van der Waals surface area contributed by atoms with Gasteiger partial charge < -0.3 is 9.47 Å². The fraction of sp³-hybridized carbons (Fsp3) is 0.485. The van der Waals surface area contributed by atoms with E-state index in [1.807, 2.05) is 29.6 Å². The maximum absolute atomic E-state index is 13.4. The number of carbonyl (C=O) groups is 1. The maximum atomic E-state index is 13.4. The van der Waals surface area contributed by atoms with E-state index in [4.69, 9.17) is 9.47 Å². The topological polar surface area (TPSA) is 35.5 Å². The van der Waals surface area contributed by atoms with Crippen molar-refractivity contribution in [2.24, 2.45) is 17.8 Å². The van der Waals surface area contributed by atoms with Crippen LogP contribution in [0.15, 0.2) is 71.2 Å². The fourth-order valence-corrected chi connectivity index (χ4v) is 6.98. The summed E-state index contributed by atoms with van der Waals surface area (Å²) in [6.07, 6.45) is 14.8. The number of carbonyl (C=O) groups excluding carboxylic acids is 1. The second-order valence-corrected chi connectivity index (χ2v) is 12.0. The van der Waals surface area contributed by atoms with E-state index in [1.165, 1.54) is 48.8 Å². The van der Waals surface area contributed by atoms with Crippen molar-refractivity contribution in [1.82, 2.24) is 0 Å². The number of rotatable bonds is 3. The Morgan fingerprint density at radius 3 is 2.76 bits per heavy atom. The molecule has 1 fully saturated rings. The van der Waals surface area contributed by atoms with Crippen LogP contribution in [0.4, 0.5) is 0 Å². The molecule has 2 heterocycles. The summed E-state index contributed by atoms with van der Waals surface area (Å²) in [7, 11) is 0. The van der Waals surface area contributed by atoms with Gasteiger partial charge in [0.05, 0.1) is 6.61 Å². The van der Waals surface area contributed by atoms with Gasteiger partial charge in [-0.1, -0.05) is 69.0 Å². The molecule has 1 saturated carbocycles. The molecular formula is C33H40O3S. The van der Waals surface area contributed by atoms with Crippen LogP contribution < -0.4 is 4.74 Å². The molecule has 1 atom stereocenters. The Balaban J connectivity index is 1.35. The van der Waals surface area contributed by atoms with E-state index in [-0.39, 0.29) is 5.78 Å². The van der Waals surface area contributed by atoms with Crippen LogP contribution >= 0.6 is 11.3 Å². The number of hydrogen-bond acceptors (Lipinski definition) is 4. The summed E-state index contributed by atoms with van der Waals surface area (Å²) < 4.78 is 11.8. The lowest BCUT2D eigenvalue weighted by Crippen LogP contribution is -2.14. The van der Waals surface area contributed by atoms with Gasteiger partial charge in [0.25, 0.3) is 0 Å². The summed E-state index contributed by atoms with van der Waals surface area (Å²) >= 11 is 1.62. The zero-order valence-corrected chi connectivity index (χ0v) is 23.0. The second kappa shape index (κ2) is 12.4. The van der Waals surface area contributed by atoms with Gasteiger partial charge >= 0.3 is 0 Å². The molecular weight excluding hydrogens is 476 g/mol. The lowest BCUT2D eigenvalue weighted by Gasteiger charge is -2.27. The molecule has 5 rings (SSSR count). The van der Waals surface area contributed by atoms with E-state index in [1.54, 1.807) is 11.3 Å². The van der Waals surface area contributed by atoms with E-state index in [2.05, 4.69) is 31.7 Å². The van der Waals surface area contributed by atoms with Crippen molar-refractivity contribution in [3.05, 3.63) is 76.7 Å². The van der Waals surface area contributed by atoms with Gasteiger partial charge in [0.1, 0.15) is 12.4 Å². The number of ether oxygens (including phenoxy) is 2. The smallest absolute Gasteiger partial charge is 0.168 e. The Labute approximate surface area is 226 Å². The number of benzene rings is 1. The van der Waals surface area contributed by atoms with Crippen LogP contribution in [0.1, 0.15) is 75.1 Å². The third-order valence-electron chi connectivity index (χ3n) is 8.30. The zero-order chi connectivity index (χ0) is 25.6. The zero-order valence-electron chi connectivity index (χ0n) is 22.2. The Morgan fingerprint density at radius 2 is 1.89 bits per heavy atom. The van der Waals surface area contributed by atoms with E-state index >= 15 is 0 Å². The van der Waals surface area contributed by atoms with Gasteiger partial charge in [-0.2, -0.15) is 0 Å². The highest BCUT2D eigenvalue weighted by molar-refractivity contribution is 7.13. The van der Waals surface area contributed by atoms with E-state index in [9.17, 15) is 4.79 Å². The van der Waals surface area contributed by atoms with Crippen LogP contribution in [-0.4, -0.2) is 25.6 Å². The molecule has 1 aromatic heterocycles. The van der Waals surface area contributed by atoms with Gasteiger partial charge in [-0.05, 0) is 72.4 Å². The summed E-state index contributed by atoms with van der Waals surface area (Å²) in [4.78, 5) is 14.5. The van der Waals surface area contributed by atoms with Gasteiger partial charge in [-0.3, -0.25) is 4.79 Å². The van der Waals surface area contributed by atoms with Crippen LogP contribution in [0.5, 0.6) is 5.75 Å². The minimum absolute atomic E-state index is 0.186. The van der Waals surface area contributed by atoms with E-state index in [0.717, 1.165) is 52.9 Å².